The molecule has 2 amide bonds. The number of rotatable bonds is 9. The number of nitrogens with one attached hydrogen (secondary N) is 1. The zero-order valence-corrected chi connectivity index (χ0v) is 20.0. The molecule has 4 nitrogen and oxygen atoms in total. The summed E-state index contributed by atoms with van der Waals surface area (Å²) in [6.07, 6.45) is 5.34. The van der Waals surface area contributed by atoms with Crippen LogP contribution in [0.3, 0.4) is 0 Å². The van der Waals surface area contributed by atoms with Crippen LogP contribution >= 0.6 is 11.3 Å². The zero-order valence-electron chi connectivity index (χ0n) is 19.2. The van der Waals surface area contributed by atoms with Crippen molar-refractivity contribution >= 4 is 23.2 Å². The van der Waals surface area contributed by atoms with E-state index in [0.717, 1.165) is 47.3 Å². The molecule has 1 aliphatic carbocycles. The fourth-order valence-electron chi connectivity index (χ4n) is 4.65. The van der Waals surface area contributed by atoms with Crippen molar-refractivity contribution in [1.82, 2.24) is 10.2 Å². The molecule has 0 spiro atoms. The number of hydrogen-bond acceptors (Lipinski definition) is 3. The first-order chi connectivity index (χ1) is 16.1. The smallest absolute Gasteiger partial charge is 0.247 e. The maximum absolute atomic E-state index is 13.7. The van der Waals surface area contributed by atoms with Crippen LogP contribution in [0.5, 0.6) is 0 Å². The largest absolute Gasteiger partial charge is 0.351 e. The molecule has 1 aliphatic rings. The Kier molecular flexibility index (Phi) is 7.95. The highest BCUT2D eigenvalue weighted by atomic mass is 32.1. The summed E-state index contributed by atoms with van der Waals surface area (Å²) in [6, 6.07) is 21.6. The molecule has 0 saturated heterocycles. The minimum Gasteiger partial charge on any atom is -0.351 e. The van der Waals surface area contributed by atoms with Crippen LogP contribution in [0.1, 0.15) is 53.3 Å². The third kappa shape index (κ3) is 6.11. The number of benzene rings is 2. The van der Waals surface area contributed by atoms with Gasteiger partial charge in [0.15, 0.2) is 0 Å². The second kappa shape index (κ2) is 11.3. The quantitative estimate of drug-likeness (QED) is 0.460. The van der Waals surface area contributed by atoms with E-state index in [1.54, 1.807) is 16.2 Å². The van der Waals surface area contributed by atoms with E-state index in [9.17, 15) is 9.59 Å². The summed E-state index contributed by atoms with van der Waals surface area (Å²) >= 11 is 1.58. The summed E-state index contributed by atoms with van der Waals surface area (Å²) in [5, 5.41) is 5.26. The lowest BCUT2D eigenvalue weighted by molar-refractivity contribution is -0.140. The van der Waals surface area contributed by atoms with Crippen molar-refractivity contribution in [3.05, 3.63) is 93.7 Å². The van der Waals surface area contributed by atoms with Crippen LogP contribution < -0.4 is 5.32 Å². The normalized spacial score (nSPS) is 14.7. The van der Waals surface area contributed by atoms with Gasteiger partial charge in [0.25, 0.3) is 0 Å². The molecule has 1 aromatic heterocycles. The van der Waals surface area contributed by atoms with E-state index >= 15 is 0 Å². The molecular formula is C28H32N2O2S. The van der Waals surface area contributed by atoms with Crippen LogP contribution in [0.25, 0.3) is 0 Å². The van der Waals surface area contributed by atoms with Crippen LogP contribution in [-0.4, -0.2) is 29.3 Å². The first kappa shape index (κ1) is 23.2. The Labute approximate surface area is 200 Å². The lowest BCUT2D eigenvalue weighted by atomic mass is 9.97. The minimum absolute atomic E-state index is 0.0109. The Hall–Kier alpha value is -2.92. The van der Waals surface area contributed by atoms with Gasteiger partial charge < -0.3 is 10.2 Å². The summed E-state index contributed by atoms with van der Waals surface area (Å²) in [5.74, 6) is -0.0769. The predicted octanol–water partition coefficient (Wildman–Crippen LogP) is 5.47. The average molecular weight is 461 g/mol. The molecule has 172 valence electrons. The third-order valence-electron chi connectivity index (χ3n) is 6.45. The van der Waals surface area contributed by atoms with Crippen LogP contribution in [0.4, 0.5) is 0 Å². The van der Waals surface area contributed by atoms with Crippen molar-refractivity contribution in [3.8, 4) is 0 Å². The van der Waals surface area contributed by atoms with Gasteiger partial charge in [0.1, 0.15) is 6.04 Å². The van der Waals surface area contributed by atoms with E-state index in [1.807, 2.05) is 66.9 Å². The van der Waals surface area contributed by atoms with E-state index in [4.69, 9.17) is 0 Å². The molecular weight excluding hydrogens is 428 g/mol. The predicted molar refractivity (Wildman–Crippen MR) is 134 cm³/mol. The number of carbonyl (C=O) groups excluding carboxylic acids is 2. The SMILES string of the molecule is Cc1ccccc1[C@@H](C(=O)NC1CCCC1)N(CCc1ccccc1)C(=O)Cc1cccs1. The van der Waals surface area contributed by atoms with Gasteiger partial charge in [0.2, 0.25) is 11.8 Å². The lowest BCUT2D eigenvalue weighted by Crippen LogP contribution is -2.47. The number of amides is 2. The van der Waals surface area contributed by atoms with Crippen molar-refractivity contribution in [1.29, 1.82) is 0 Å². The maximum atomic E-state index is 13.7. The van der Waals surface area contributed by atoms with Crippen molar-refractivity contribution in [3.63, 3.8) is 0 Å². The number of thiophene rings is 1. The fourth-order valence-corrected chi connectivity index (χ4v) is 5.35. The number of hydrogen-bond donors (Lipinski definition) is 1. The molecule has 33 heavy (non-hydrogen) atoms. The van der Waals surface area contributed by atoms with Crippen molar-refractivity contribution in [2.24, 2.45) is 0 Å². The van der Waals surface area contributed by atoms with Gasteiger partial charge in [-0.2, -0.15) is 0 Å². The Morgan fingerprint density at radius 1 is 1.00 bits per heavy atom. The topological polar surface area (TPSA) is 49.4 Å². The van der Waals surface area contributed by atoms with E-state index in [2.05, 4.69) is 17.4 Å². The minimum atomic E-state index is -0.636. The first-order valence-electron chi connectivity index (χ1n) is 11.8. The zero-order chi connectivity index (χ0) is 23.0. The van der Waals surface area contributed by atoms with E-state index in [-0.39, 0.29) is 17.9 Å². The molecule has 3 aromatic rings. The van der Waals surface area contributed by atoms with Crippen molar-refractivity contribution in [2.75, 3.05) is 6.54 Å². The molecule has 0 aliphatic heterocycles. The molecule has 2 aromatic carbocycles. The van der Waals surface area contributed by atoms with Crippen LogP contribution in [0.15, 0.2) is 72.1 Å². The van der Waals surface area contributed by atoms with Gasteiger partial charge in [-0.15, -0.1) is 11.3 Å². The maximum Gasteiger partial charge on any atom is 0.247 e. The summed E-state index contributed by atoms with van der Waals surface area (Å²) < 4.78 is 0. The molecule has 1 atom stereocenters. The molecule has 1 fully saturated rings. The summed E-state index contributed by atoms with van der Waals surface area (Å²) in [5.41, 5.74) is 3.09. The Bertz CT molecular complexity index is 1040. The summed E-state index contributed by atoms with van der Waals surface area (Å²) in [7, 11) is 0. The summed E-state index contributed by atoms with van der Waals surface area (Å²) in [4.78, 5) is 30.2. The second-order valence-electron chi connectivity index (χ2n) is 8.83. The molecule has 0 bridgehead atoms. The number of carbonyl (C=O) groups is 2. The number of nitrogens with zero attached hydrogens (tertiary/aromatic N) is 1. The molecule has 1 N–H and O–H groups in total. The van der Waals surface area contributed by atoms with E-state index in [0.29, 0.717) is 19.4 Å². The lowest BCUT2D eigenvalue weighted by Gasteiger charge is -2.33. The Morgan fingerprint density at radius 3 is 2.42 bits per heavy atom. The molecule has 5 heteroatoms. The molecule has 1 heterocycles. The monoisotopic (exact) mass is 460 g/mol. The van der Waals surface area contributed by atoms with Gasteiger partial charge in [-0.05, 0) is 54.3 Å². The molecule has 0 radical (unpaired) electrons. The van der Waals surface area contributed by atoms with E-state index < -0.39 is 6.04 Å². The molecule has 1 saturated carbocycles. The van der Waals surface area contributed by atoms with Gasteiger partial charge in [-0.25, -0.2) is 0 Å². The first-order valence-corrected chi connectivity index (χ1v) is 12.7. The van der Waals surface area contributed by atoms with Crippen LogP contribution in [0, 0.1) is 6.92 Å². The van der Waals surface area contributed by atoms with Crippen molar-refractivity contribution < 1.29 is 9.59 Å². The summed E-state index contributed by atoms with van der Waals surface area (Å²) in [6.45, 7) is 2.51. The second-order valence-corrected chi connectivity index (χ2v) is 9.86. The Morgan fingerprint density at radius 2 is 1.73 bits per heavy atom. The highest BCUT2D eigenvalue weighted by Gasteiger charge is 2.33. The fraction of sp³-hybridized carbons (Fsp3) is 0.357. The van der Waals surface area contributed by atoms with Crippen LogP contribution in [0.2, 0.25) is 0 Å². The standard InChI is InChI=1S/C28H32N2O2S/c1-21-10-5-8-16-25(21)27(28(32)29-23-13-6-7-14-23)30(18-17-22-11-3-2-4-12-22)26(31)20-24-15-9-19-33-24/h2-5,8-12,15-16,19,23,27H,6-7,13-14,17-18,20H2,1H3,(H,29,32)/t27-/m0/s1. The van der Waals surface area contributed by atoms with Crippen LogP contribution in [-0.2, 0) is 22.4 Å². The highest BCUT2D eigenvalue weighted by Crippen LogP contribution is 2.28. The molecule has 0 unspecified atom stereocenters. The van der Waals surface area contributed by atoms with Gasteiger partial charge in [-0.3, -0.25) is 9.59 Å². The van der Waals surface area contributed by atoms with Gasteiger partial charge in [0, 0.05) is 17.5 Å². The van der Waals surface area contributed by atoms with E-state index in [1.165, 1.54) is 0 Å². The van der Waals surface area contributed by atoms with Gasteiger partial charge in [-0.1, -0.05) is 73.5 Å². The highest BCUT2D eigenvalue weighted by molar-refractivity contribution is 7.10. The number of aryl methyl sites for hydroxylation is 1. The Balaban J connectivity index is 1.66. The molecule has 4 rings (SSSR count). The average Bonchev–Trinajstić information content (AvgIpc) is 3.52. The third-order valence-corrected chi connectivity index (χ3v) is 7.33. The van der Waals surface area contributed by atoms with Gasteiger partial charge >= 0.3 is 0 Å². The van der Waals surface area contributed by atoms with Crippen molar-refractivity contribution in [2.45, 2.75) is 57.5 Å². The van der Waals surface area contributed by atoms with Gasteiger partial charge in [0.05, 0.1) is 6.42 Å².